The van der Waals surface area contributed by atoms with E-state index in [1.807, 2.05) is 7.05 Å². The van der Waals surface area contributed by atoms with Gasteiger partial charge in [0.1, 0.15) is 0 Å². The fraction of sp³-hybridized carbons (Fsp3) is 0.941. The highest BCUT2D eigenvalue weighted by Gasteiger charge is 2.19. The molecule has 22 heavy (non-hydrogen) atoms. The van der Waals surface area contributed by atoms with Crippen LogP contribution in [0.15, 0.2) is 4.99 Å². The second-order valence-electron chi connectivity index (χ2n) is 6.48. The molecule has 0 unspecified atom stereocenters. The van der Waals surface area contributed by atoms with Crippen molar-refractivity contribution in [3.05, 3.63) is 0 Å². The van der Waals surface area contributed by atoms with E-state index in [9.17, 15) is 0 Å². The maximum absolute atomic E-state index is 4.37. The van der Waals surface area contributed by atoms with Crippen LogP contribution >= 0.6 is 0 Å². The van der Waals surface area contributed by atoms with Crippen molar-refractivity contribution in [1.82, 2.24) is 20.4 Å². The summed E-state index contributed by atoms with van der Waals surface area (Å²) < 4.78 is 0. The molecule has 2 N–H and O–H groups in total. The molecule has 0 radical (unpaired) electrons. The lowest BCUT2D eigenvalue weighted by molar-refractivity contribution is 0.206. The smallest absolute Gasteiger partial charge is 0.191 e. The third-order valence-electron chi connectivity index (χ3n) is 4.52. The SMILES string of the molecule is CCCN1CCC(NC(=NC)NCCN(CC)C(C)C)CC1. The Morgan fingerprint density at radius 1 is 1.27 bits per heavy atom. The molecule has 1 fully saturated rings. The van der Waals surface area contributed by atoms with Crippen LogP contribution in [0.1, 0.15) is 47.0 Å². The van der Waals surface area contributed by atoms with Crippen LogP contribution in [0, 0.1) is 0 Å². The minimum absolute atomic E-state index is 0.562. The van der Waals surface area contributed by atoms with E-state index >= 15 is 0 Å². The van der Waals surface area contributed by atoms with Gasteiger partial charge in [-0.3, -0.25) is 9.89 Å². The summed E-state index contributed by atoms with van der Waals surface area (Å²) in [5.41, 5.74) is 0. The van der Waals surface area contributed by atoms with Crippen LogP contribution in [0.25, 0.3) is 0 Å². The predicted octanol–water partition coefficient (Wildman–Crippen LogP) is 1.76. The first-order chi connectivity index (χ1) is 10.6. The van der Waals surface area contributed by atoms with Gasteiger partial charge in [0.05, 0.1) is 0 Å². The Hall–Kier alpha value is -0.810. The van der Waals surface area contributed by atoms with Crippen LogP contribution in [-0.2, 0) is 0 Å². The molecule has 0 aromatic rings. The van der Waals surface area contributed by atoms with Crippen LogP contribution in [-0.4, -0.2) is 74.2 Å². The number of nitrogens with zero attached hydrogens (tertiary/aromatic N) is 3. The Morgan fingerprint density at radius 2 is 1.95 bits per heavy atom. The summed E-state index contributed by atoms with van der Waals surface area (Å²) >= 11 is 0. The van der Waals surface area contributed by atoms with Crippen molar-refractivity contribution in [2.75, 3.05) is 46.3 Å². The monoisotopic (exact) mass is 311 g/mol. The summed E-state index contributed by atoms with van der Waals surface area (Å²) in [5.74, 6) is 0.953. The van der Waals surface area contributed by atoms with E-state index in [1.165, 1.54) is 38.9 Å². The second kappa shape index (κ2) is 10.8. The van der Waals surface area contributed by atoms with Crippen LogP contribution in [0.2, 0.25) is 0 Å². The van der Waals surface area contributed by atoms with Gasteiger partial charge >= 0.3 is 0 Å². The lowest BCUT2D eigenvalue weighted by atomic mass is 10.1. The zero-order valence-electron chi connectivity index (χ0n) is 15.4. The van der Waals surface area contributed by atoms with Crippen LogP contribution in [0.3, 0.4) is 0 Å². The maximum Gasteiger partial charge on any atom is 0.191 e. The lowest BCUT2D eigenvalue weighted by Crippen LogP contribution is -2.50. The molecule has 0 saturated carbocycles. The lowest BCUT2D eigenvalue weighted by Gasteiger charge is -2.33. The quantitative estimate of drug-likeness (QED) is 0.529. The highest BCUT2D eigenvalue weighted by molar-refractivity contribution is 5.79. The van der Waals surface area contributed by atoms with Crippen molar-refractivity contribution in [2.24, 2.45) is 4.99 Å². The molecule has 0 bridgehead atoms. The Morgan fingerprint density at radius 3 is 2.45 bits per heavy atom. The average Bonchev–Trinajstić information content (AvgIpc) is 2.52. The Labute approximate surface area is 137 Å². The molecule has 0 atom stereocenters. The summed E-state index contributed by atoms with van der Waals surface area (Å²) in [6, 6.07) is 1.16. The molecule has 0 aliphatic carbocycles. The van der Waals surface area contributed by atoms with Gasteiger partial charge in [-0.25, -0.2) is 0 Å². The third-order valence-corrected chi connectivity index (χ3v) is 4.52. The fourth-order valence-electron chi connectivity index (χ4n) is 3.10. The fourth-order valence-corrected chi connectivity index (χ4v) is 3.10. The van der Waals surface area contributed by atoms with Gasteiger partial charge in [-0.15, -0.1) is 0 Å². The van der Waals surface area contributed by atoms with Crippen molar-refractivity contribution in [3.63, 3.8) is 0 Å². The highest BCUT2D eigenvalue weighted by atomic mass is 15.2. The van der Waals surface area contributed by atoms with E-state index in [4.69, 9.17) is 0 Å². The predicted molar refractivity (Wildman–Crippen MR) is 96.6 cm³/mol. The van der Waals surface area contributed by atoms with Gasteiger partial charge in [0.25, 0.3) is 0 Å². The molecule has 130 valence electrons. The molecule has 0 amide bonds. The number of likely N-dealkylation sites (tertiary alicyclic amines) is 1. The summed E-state index contributed by atoms with van der Waals surface area (Å²) in [4.78, 5) is 9.39. The summed E-state index contributed by atoms with van der Waals surface area (Å²) in [5, 5.41) is 7.04. The molecule has 5 heteroatoms. The van der Waals surface area contributed by atoms with Crippen molar-refractivity contribution in [2.45, 2.75) is 59.0 Å². The number of piperidine rings is 1. The summed E-state index contributed by atoms with van der Waals surface area (Å²) in [6.07, 6.45) is 3.69. The topological polar surface area (TPSA) is 42.9 Å². The number of guanidine groups is 1. The van der Waals surface area contributed by atoms with Gasteiger partial charge in [-0.2, -0.15) is 0 Å². The molecule has 5 nitrogen and oxygen atoms in total. The van der Waals surface area contributed by atoms with Gasteiger partial charge in [-0.1, -0.05) is 13.8 Å². The highest BCUT2D eigenvalue weighted by Crippen LogP contribution is 2.10. The molecule has 1 aliphatic heterocycles. The van der Waals surface area contributed by atoms with Crippen LogP contribution < -0.4 is 10.6 Å². The largest absolute Gasteiger partial charge is 0.355 e. The number of nitrogens with one attached hydrogen (secondary N) is 2. The minimum Gasteiger partial charge on any atom is -0.355 e. The van der Waals surface area contributed by atoms with Crippen LogP contribution in [0.4, 0.5) is 0 Å². The Kier molecular flexibility index (Phi) is 9.48. The van der Waals surface area contributed by atoms with E-state index in [0.29, 0.717) is 12.1 Å². The van der Waals surface area contributed by atoms with Crippen molar-refractivity contribution >= 4 is 5.96 Å². The first-order valence-electron chi connectivity index (χ1n) is 9.04. The van der Waals surface area contributed by atoms with Crippen molar-refractivity contribution < 1.29 is 0 Å². The second-order valence-corrected chi connectivity index (χ2v) is 6.48. The summed E-state index contributed by atoms with van der Waals surface area (Å²) in [6.45, 7) is 15.7. The van der Waals surface area contributed by atoms with Gasteiger partial charge in [0, 0.05) is 45.3 Å². The first kappa shape index (κ1) is 19.2. The first-order valence-corrected chi connectivity index (χ1v) is 9.04. The molecule has 1 saturated heterocycles. The van der Waals surface area contributed by atoms with Crippen LogP contribution in [0.5, 0.6) is 0 Å². The number of rotatable bonds is 8. The zero-order chi connectivity index (χ0) is 16.4. The molecule has 1 aliphatic rings. The van der Waals surface area contributed by atoms with Gasteiger partial charge in [0.15, 0.2) is 5.96 Å². The number of hydrogen-bond donors (Lipinski definition) is 2. The maximum atomic E-state index is 4.37. The minimum atomic E-state index is 0.562. The van der Waals surface area contributed by atoms with E-state index in [0.717, 1.165) is 25.6 Å². The Bertz CT molecular complexity index is 308. The van der Waals surface area contributed by atoms with E-state index in [-0.39, 0.29) is 0 Å². The van der Waals surface area contributed by atoms with Crippen molar-refractivity contribution in [3.8, 4) is 0 Å². The molecule has 1 heterocycles. The molecule has 0 aromatic heterocycles. The van der Waals surface area contributed by atoms with Gasteiger partial charge in [-0.05, 0) is 46.2 Å². The summed E-state index contributed by atoms with van der Waals surface area (Å²) in [7, 11) is 1.86. The van der Waals surface area contributed by atoms with E-state index in [2.05, 4.69) is 53.1 Å². The molecule has 0 spiro atoms. The standard InChI is InChI=1S/C17H37N5/c1-6-11-21-12-8-16(9-13-21)20-17(18-5)19-10-14-22(7-2)15(3)4/h15-16H,6-14H2,1-5H3,(H2,18,19,20). The van der Waals surface area contributed by atoms with Crippen molar-refractivity contribution in [1.29, 1.82) is 0 Å². The van der Waals surface area contributed by atoms with Gasteiger partial charge < -0.3 is 15.5 Å². The molecule has 1 rings (SSSR count). The number of likely N-dealkylation sites (N-methyl/N-ethyl adjacent to an activating group) is 1. The average molecular weight is 312 g/mol. The molecule has 0 aromatic carbocycles. The number of aliphatic imine (C=N–C) groups is 1. The van der Waals surface area contributed by atoms with E-state index < -0.39 is 0 Å². The molecular formula is C17H37N5. The normalized spacial score (nSPS) is 18.2. The molecular weight excluding hydrogens is 274 g/mol. The number of hydrogen-bond acceptors (Lipinski definition) is 3. The Balaban J connectivity index is 2.26. The zero-order valence-corrected chi connectivity index (χ0v) is 15.4. The van der Waals surface area contributed by atoms with Gasteiger partial charge in [0.2, 0.25) is 0 Å². The van der Waals surface area contributed by atoms with E-state index in [1.54, 1.807) is 0 Å². The third kappa shape index (κ3) is 6.97.